The summed E-state index contributed by atoms with van der Waals surface area (Å²) >= 11 is 0. The average Bonchev–Trinajstić information content (AvgIpc) is 2.88. The summed E-state index contributed by atoms with van der Waals surface area (Å²) in [6.45, 7) is 5.41. The van der Waals surface area contributed by atoms with Crippen molar-refractivity contribution in [2.24, 2.45) is 5.92 Å². The molecule has 0 aliphatic carbocycles. The van der Waals surface area contributed by atoms with Gasteiger partial charge in [0.25, 0.3) is 5.91 Å². The number of piperidine rings is 3. The number of hydrogen-bond donors (Lipinski definition) is 0. The molecule has 0 saturated carbocycles. The van der Waals surface area contributed by atoms with Crippen LogP contribution in [0.15, 0.2) is 18.2 Å². The smallest absolute Gasteiger partial charge is 0.254 e. The van der Waals surface area contributed by atoms with E-state index in [0.717, 1.165) is 77.8 Å². The maximum atomic E-state index is 13.0. The SMILES string of the molecule is COc1cc(OC)cc(C(=O)N2CCC(N3CCC(C(=O)N4CCCCC4)CC3)CC2)c1. The van der Waals surface area contributed by atoms with Crippen LogP contribution < -0.4 is 9.47 Å². The Bertz CT molecular complexity index is 770. The Morgan fingerprint density at radius 2 is 1.34 bits per heavy atom. The van der Waals surface area contributed by atoms with E-state index in [2.05, 4.69) is 9.80 Å². The summed E-state index contributed by atoms with van der Waals surface area (Å²) in [5.74, 6) is 1.88. The molecule has 0 atom stereocenters. The molecule has 3 saturated heterocycles. The van der Waals surface area contributed by atoms with Crippen molar-refractivity contribution in [2.75, 3.05) is 53.5 Å². The van der Waals surface area contributed by atoms with Gasteiger partial charge in [0.05, 0.1) is 14.2 Å². The van der Waals surface area contributed by atoms with Gasteiger partial charge in [-0.1, -0.05) is 0 Å². The molecule has 0 aromatic heterocycles. The Kier molecular flexibility index (Phi) is 7.55. The van der Waals surface area contributed by atoms with E-state index in [9.17, 15) is 9.59 Å². The van der Waals surface area contributed by atoms with E-state index in [0.29, 0.717) is 29.0 Å². The van der Waals surface area contributed by atoms with Crippen molar-refractivity contribution in [1.82, 2.24) is 14.7 Å². The predicted octanol–water partition coefficient (Wildman–Crippen LogP) is 3.03. The molecule has 0 spiro atoms. The minimum absolute atomic E-state index is 0.0338. The van der Waals surface area contributed by atoms with Crippen LogP contribution in [0.3, 0.4) is 0 Å². The first kappa shape index (κ1) is 22.9. The van der Waals surface area contributed by atoms with Crippen LogP contribution in [-0.2, 0) is 4.79 Å². The quantitative estimate of drug-likeness (QED) is 0.700. The van der Waals surface area contributed by atoms with Crippen molar-refractivity contribution in [3.63, 3.8) is 0 Å². The van der Waals surface area contributed by atoms with Gasteiger partial charge in [0, 0.05) is 49.8 Å². The standard InChI is InChI=1S/C25H37N3O4/c1-31-22-16-20(17-23(18-22)32-2)25(30)28-14-8-21(9-15-28)26-12-6-19(7-13-26)24(29)27-10-4-3-5-11-27/h16-19,21H,3-15H2,1-2H3. The van der Waals surface area contributed by atoms with Gasteiger partial charge in [-0.3, -0.25) is 9.59 Å². The van der Waals surface area contributed by atoms with E-state index in [1.165, 1.54) is 6.42 Å². The van der Waals surface area contributed by atoms with Gasteiger partial charge in [-0.25, -0.2) is 0 Å². The number of ether oxygens (including phenoxy) is 2. The van der Waals surface area contributed by atoms with Gasteiger partial charge in [0.2, 0.25) is 5.91 Å². The molecule has 0 radical (unpaired) electrons. The Morgan fingerprint density at radius 1 is 0.750 bits per heavy atom. The molecule has 2 amide bonds. The van der Waals surface area contributed by atoms with Crippen molar-refractivity contribution in [1.29, 1.82) is 0 Å². The van der Waals surface area contributed by atoms with Crippen LogP contribution in [0, 0.1) is 5.92 Å². The molecular weight excluding hydrogens is 406 g/mol. The largest absolute Gasteiger partial charge is 0.497 e. The molecule has 3 aliphatic rings. The highest BCUT2D eigenvalue weighted by Gasteiger charge is 2.33. The van der Waals surface area contributed by atoms with E-state index < -0.39 is 0 Å². The zero-order chi connectivity index (χ0) is 22.5. The molecule has 4 rings (SSSR count). The number of carbonyl (C=O) groups is 2. The van der Waals surface area contributed by atoms with Crippen LogP contribution in [0.4, 0.5) is 0 Å². The molecule has 3 aliphatic heterocycles. The fourth-order valence-corrected chi connectivity index (χ4v) is 5.43. The molecule has 176 valence electrons. The van der Waals surface area contributed by atoms with E-state index in [1.807, 2.05) is 4.90 Å². The number of benzene rings is 1. The Labute approximate surface area is 191 Å². The number of amides is 2. The van der Waals surface area contributed by atoms with Crippen LogP contribution in [0.1, 0.15) is 55.3 Å². The summed E-state index contributed by atoms with van der Waals surface area (Å²) in [5.41, 5.74) is 0.608. The van der Waals surface area contributed by atoms with Crippen LogP contribution in [-0.4, -0.2) is 86.0 Å². The molecule has 1 aromatic carbocycles. The first-order valence-corrected chi connectivity index (χ1v) is 12.1. The number of carbonyl (C=O) groups excluding carboxylic acids is 2. The van der Waals surface area contributed by atoms with E-state index in [1.54, 1.807) is 32.4 Å². The fourth-order valence-electron chi connectivity index (χ4n) is 5.43. The lowest BCUT2D eigenvalue weighted by Crippen LogP contribution is -2.50. The normalized spacial score (nSPS) is 21.4. The molecule has 0 unspecified atom stereocenters. The average molecular weight is 444 g/mol. The lowest BCUT2D eigenvalue weighted by molar-refractivity contribution is -0.138. The van der Waals surface area contributed by atoms with Gasteiger partial charge >= 0.3 is 0 Å². The van der Waals surface area contributed by atoms with E-state index in [4.69, 9.17) is 9.47 Å². The zero-order valence-electron chi connectivity index (χ0n) is 19.6. The monoisotopic (exact) mass is 443 g/mol. The minimum atomic E-state index is 0.0338. The number of hydrogen-bond acceptors (Lipinski definition) is 5. The third-order valence-electron chi connectivity index (χ3n) is 7.41. The third-order valence-corrected chi connectivity index (χ3v) is 7.41. The van der Waals surface area contributed by atoms with Gasteiger partial charge in [0.1, 0.15) is 11.5 Å². The predicted molar refractivity (Wildman–Crippen MR) is 123 cm³/mol. The second-order valence-electron chi connectivity index (χ2n) is 9.32. The molecule has 32 heavy (non-hydrogen) atoms. The lowest BCUT2D eigenvalue weighted by Gasteiger charge is -2.42. The highest BCUT2D eigenvalue weighted by Crippen LogP contribution is 2.28. The summed E-state index contributed by atoms with van der Waals surface area (Å²) in [6.07, 6.45) is 7.48. The second kappa shape index (κ2) is 10.6. The van der Waals surface area contributed by atoms with Gasteiger partial charge < -0.3 is 24.2 Å². The molecule has 7 nitrogen and oxygen atoms in total. The summed E-state index contributed by atoms with van der Waals surface area (Å²) in [6, 6.07) is 5.84. The van der Waals surface area contributed by atoms with Gasteiger partial charge in [-0.2, -0.15) is 0 Å². The molecule has 0 N–H and O–H groups in total. The number of rotatable bonds is 5. The lowest BCUT2D eigenvalue weighted by atomic mass is 9.91. The molecule has 0 bridgehead atoms. The summed E-state index contributed by atoms with van der Waals surface area (Å²) in [4.78, 5) is 32.5. The fraction of sp³-hybridized carbons (Fsp3) is 0.680. The first-order chi connectivity index (χ1) is 15.6. The minimum Gasteiger partial charge on any atom is -0.497 e. The molecular formula is C25H37N3O4. The molecule has 3 heterocycles. The first-order valence-electron chi connectivity index (χ1n) is 12.1. The topological polar surface area (TPSA) is 62.3 Å². The third kappa shape index (κ3) is 5.20. The summed E-state index contributed by atoms with van der Waals surface area (Å²) < 4.78 is 10.6. The maximum absolute atomic E-state index is 13.0. The second-order valence-corrected chi connectivity index (χ2v) is 9.32. The van der Waals surface area contributed by atoms with E-state index >= 15 is 0 Å². The Hall–Kier alpha value is -2.28. The number of likely N-dealkylation sites (tertiary alicyclic amines) is 3. The van der Waals surface area contributed by atoms with Crippen molar-refractivity contribution >= 4 is 11.8 Å². The van der Waals surface area contributed by atoms with Gasteiger partial charge in [-0.05, 0) is 70.2 Å². The number of nitrogens with zero attached hydrogens (tertiary/aromatic N) is 3. The van der Waals surface area contributed by atoms with Crippen molar-refractivity contribution in [3.8, 4) is 11.5 Å². The highest BCUT2D eigenvalue weighted by atomic mass is 16.5. The summed E-state index contributed by atoms with van der Waals surface area (Å²) in [7, 11) is 3.19. The van der Waals surface area contributed by atoms with E-state index in [-0.39, 0.29) is 11.8 Å². The van der Waals surface area contributed by atoms with Gasteiger partial charge in [-0.15, -0.1) is 0 Å². The Balaban J connectivity index is 1.26. The van der Waals surface area contributed by atoms with Crippen LogP contribution in [0.5, 0.6) is 11.5 Å². The molecule has 7 heteroatoms. The van der Waals surface area contributed by atoms with Crippen LogP contribution >= 0.6 is 0 Å². The Morgan fingerprint density at radius 3 is 1.91 bits per heavy atom. The van der Waals surface area contributed by atoms with Crippen molar-refractivity contribution in [2.45, 2.75) is 51.0 Å². The number of methoxy groups -OCH3 is 2. The van der Waals surface area contributed by atoms with Gasteiger partial charge in [0.15, 0.2) is 0 Å². The van der Waals surface area contributed by atoms with Crippen molar-refractivity contribution < 1.29 is 19.1 Å². The maximum Gasteiger partial charge on any atom is 0.254 e. The van der Waals surface area contributed by atoms with Crippen molar-refractivity contribution in [3.05, 3.63) is 23.8 Å². The highest BCUT2D eigenvalue weighted by molar-refractivity contribution is 5.95. The zero-order valence-corrected chi connectivity index (χ0v) is 19.6. The summed E-state index contributed by atoms with van der Waals surface area (Å²) in [5, 5.41) is 0. The molecule has 1 aromatic rings. The van der Waals surface area contributed by atoms with Crippen LogP contribution in [0.25, 0.3) is 0 Å². The molecule has 3 fully saturated rings. The van der Waals surface area contributed by atoms with Crippen LogP contribution in [0.2, 0.25) is 0 Å².